The van der Waals surface area contributed by atoms with E-state index in [1.54, 1.807) is 0 Å². The van der Waals surface area contributed by atoms with Gasteiger partial charge in [0.25, 0.3) is 0 Å². The SMILES string of the molecule is CCCOc1ccc(C(Cl)C(C)C(C)C)cc1OCCC. The fourth-order valence-corrected chi connectivity index (χ4v) is 2.42. The standard InChI is InChI=1S/C18H29ClO2/c1-6-10-20-16-9-8-15(12-17(16)21-11-7-2)18(19)14(5)13(3)4/h8-9,12-14,18H,6-7,10-11H2,1-5H3. The third-order valence-electron chi connectivity index (χ3n) is 3.72. The lowest BCUT2D eigenvalue weighted by Gasteiger charge is -2.23. The number of hydrogen-bond donors (Lipinski definition) is 0. The van der Waals surface area contributed by atoms with Crippen LogP contribution in [0.4, 0.5) is 0 Å². The monoisotopic (exact) mass is 312 g/mol. The molecule has 1 aromatic rings. The Hall–Kier alpha value is -0.890. The van der Waals surface area contributed by atoms with E-state index in [-0.39, 0.29) is 5.38 Å². The van der Waals surface area contributed by atoms with Gasteiger partial charge in [-0.2, -0.15) is 0 Å². The molecule has 0 radical (unpaired) electrons. The zero-order chi connectivity index (χ0) is 15.8. The quantitative estimate of drug-likeness (QED) is 0.533. The van der Waals surface area contributed by atoms with Crippen LogP contribution in [0.2, 0.25) is 0 Å². The van der Waals surface area contributed by atoms with E-state index < -0.39 is 0 Å². The predicted molar refractivity (Wildman–Crippen MR) is 90.6 cm³/mol. The summed E-state index contributed by atoms with van der Waals surface area (Å²) in [5, 5.41) is -0.00537. The average molecular weight is 313 g/mol. The molecule has 0 N–H and O–H groups in total. The van der Waals surface area contributed by atoms with E-state index in [1.807, 2.05) is 12.1 Å². The molecule has 2 unspecified atom stereocenters. The van der Waals surface area contributed by atoms with Crippen molar-refractivity contribution in [2.45, 2.75) is 52.8 Å². The van der Waals surface area contributed by atoms with Gasteiger partial charge in [0, 0.05) is 0 Å². The van der Waals surface area contributed by atoms with Gasteiger partial charge in [0.05, 0.1) is 18.6 Å². The number of rotatable bonds is 9. The molecule has 0 heterocycles. The maximum absolute atomic E-state index is 6.62. The minimum Gasteiger partial charge on any atom is -0.490 e. The van der Waals surface area contributed by atoms with Crippen molar-refractivity contribution < 1.29 is 9.47 Å². The molecule has 0 amide bonds. The Balaban J connectivity index is 2.96. The number of hydrogen-bond acceptors (Lipinski definition) is 2. The highest BCUT2D eigenvalue weighted by atomic mass is 35.5. The first kappa shape index (κ1) is 18.2. The zero-order valence-corrected chi connectivity index (χ0v) is 14.7. The Labute approximate surface area is 134 Å². The lowest BCUT2D eigenvalue weighted by Crippen LogP contribution is -2.11. The fraction of sp³-hybridized carbons (Fsp3) is 0.667. The first-order valence-corrected chi connectivity index (χ1v) is 8.48. The molecule has 21 heavy (non-hydrogen) atoms. The molecule has 2 atom stereocenters. The Morgan fingerprint density at radius 3 is 2.05 bits per heavy atom. The lowest BCUT2D eigenvalue weighted by atomic mass is 9.90. The number of alkyl halides is 1. The van der Waals surface area contributed by atoms with E-state index in [0.29, 0.717) is 25.0 Å². The van der Waals surface area contributed by atoms with Gasteiger partial charge in [-0.05, 0) is 42.4 Å². The Morgan fingerprint density at radius 2 is 1.52 bits per heavy atom. The smallest absolute Gasteiger partial charge is 0.161 e. The highest BCUT2D eigenvalue weighted by Gasteiger charge is 2.21. The number of ether oxygens (including phenoxy) is 2. The summed E-state index contributed by atoms with van der Waals surface area (Å²) < 4.78 is 11.6. The van der Waals surface area contributed by atoms with Crippen molar-refractivity contribution in [1.82, 2.24) is 0 Å². The Morgan fingerprint density at radius 1 is 0.952 bits per heavy atom. The third-order valence-corrected chi connectivity index (χ3v) is 4.37. The van der Waals surface area contributed by atoms with Gasteiger partial charge in [-0.25, -0.2) is 0 Å². The fourth-order valence-electron chi connectivity index (χ4n) is 1.99. The van der Waals surface area contributed by atoms with Crippen molar-refractivity contribution in [1.29, 1.82) is 0 Å². The van der Waals surface area contributed by atoms with Crippen LogP contribution in [0.1, 0.15) is 58.4 Å². The molecule has 0 bridgehead atoms. The van der Waals surface area contributed by atoms with Crippen LogP contribution in [0.25, 0.3) is 0 Å². The van der Waals surface area contributed by atoms with Gasteiger partial charge < -0.3 is 9.47 Å². The van der Waals surface area contributed by atoms with Crippen LogP contribution in [0.3, 0.4) is 0 Å². The Kier molecular flexibility index (Phi) is 7.95. The predicted octanol–water partition coefficient (Wildman–Crippen LogP) is 5.84. The number of benzene rings is 1. The van der Waals surface area contributed by atoms with E-state index in [4.69, 9.17) is 21.1 Å². The maximum atomic E-state index is 6.62. The molecule has 0 saturated carbocycles. The summed E-state index contributed by atoms with van der Waals surface area (Å²) in [7, 11) is 0. The average Bonchev–Trinajstić information content (AvgIpc) is 2.49. The van der Waals surface area contributed by atoms with Crippen LogP contribution in [-0.4, -0.2) is 13.2 Å². The third kappa shape index (κ3) is 5.43. The molecule has 1 rings (SSSR count). The largest absolute Gasteiger partial charge is 0.490 e. The van der Waals surface area contributed by atoms with E-state index in [1.165, 1.54) is 0 Å². The second-order valence-electron chi connectivity index (χ2n) is 5.91. The molecular formula is C18H29ClO2. The molecule has 120 valence electrons. The van der Waals surface area contributed by atoms with Gasteiger partial charge in [0.15, 0.2) is 11.5 Å². The summed E-state index contributed by atoms with van der Waals surface area (Å²) in [5.74, 6) is 2.58. The molecule has 0 saturated heterocycles. The first-order chi connectivity index (χ1) is 10.0. The second kappa shape index (κ2) is 9.19. The minimum absolute atomic E-state index is 0.00537. The Bertz CT molecular complexity index is 418. The van der Waals surface area contributed by atoms with Crippen molar-refractivity contribution in [3.63, 3.8) is 0 Å². The van der Waals surface area contributed by atoms with E-state index in [0.717, 1.165) is 29.9 Å². The summed E-state index contributed by atoms with van der Waals surface area (Å²) in [6.45, 7) is 12.2. The van der Waals surface area contributed by atoms with Crippen molar-refractivity contribution in [2.75, 3.05) is 13.2 Å². The molecule has 0 aromatic heterocycles. The molecule has 0 aliphatic carbocycles. The highest BCUT2D eigenvalue weighted by Crippen LogP contribution is 2.38. The lowest BCUT2D eigenvalue weighted by molar-refractivity contribution is 0.268. The van der Waals surface area contributed by atoms with Crippen molar-refractivity contribution in [3.05, 3.63) is 23.8 Å². The van der Waals surface area contributed by atoms with E-state index >= 15 is 0 Å². The maximum Gasteiger partial charge on any atom is 0.161 e. The molecule has 0 aliphatic rings. The van der Waals surface area contributed by atoms with Crippen LogP contribution < -0.4 is 9.47 Å². The number of halogens is 1. The summed E-state index contributed by atoms with van der Waals surface area (Å²) >= 11 is 6.62. The van der Waals surface area contributed by atoms with Gasteiger partial charge >= 0.3 is 0 Å². The molecule has 0 fully saturated rings. The van der Waals surface area contributed by atoms with Crippen LogP contribution in [-0.2, 0) is 0 Å². The first-order valence-electron chi connectivity index (χ1n) is 8.04. The second-order valence-corrected chi connectivity index (χ2v) is 6.38. The van der Waals surface area contributed by atoms with Gasteiger partial charge in [-0.15, -0.1) is 11.6 Å². The molecule has 0 aliphatic heterocycles. The van der Waals surface area contributed by atoms with Gasteiger partial charge in [-0.3, -0.25) is 0 Å². The van der Waals surface area contributed by atoms with Crippen molar-refractivity contribution in [3.8, 4) is 11.5 Å². The highest BCUT2D eigenvalue weighted by molar-refractivity contribution is 6.21. The van der Waals surface area contributed by atoms with Crippen LogP contribution in [0, 0.1) is 11.8 Å². The van der Waals surface area contributed by atoms with Crippen molar-refractivity contribution >= 4 is 11.6 Å². The molecule has 2 nitrogen and oxygen atoms in total. The van der Waals surface area contributed by atoms with Gasteiger partial charge in [0.1, 0.15) is 0 Å². The molecular weight excluding hydrogens is 284 g/mol. The topological polar surface area (TPSA) is 18.5 Å². The summed E-state index contributed by atoms with van der Waals surface area (Å²) in [5.41, 5.74) is 1.10. The van der Waals surface area contributed by atoms with Gasteiger partial charge in [0.2, 0.25) is 0 Å². The van der Waals surface area contributed by atoms with Gasteiger partial charge in [-0.1, -0.05) is 40.7 Å². The van der Waals surface area contributed by atoms with Crippen molar-refractivity contribution in [2.24, 2.45) is 11.8 Å². The van der Waals surface area contributed by atoms with Crippen LogP contribution in [0.15, 0.2) is 18.2 Å². The normalized spacial score (nSPS) is 14.0. The molecule has 3 heteroatoms. The summed E-state index contributed by atoms with van der Waals surface area (Å²) in [6, 6.07) is 6.08. The molecule has 1 aromatic carbocycles. The summed E-state index contributed by atoms with van der Waals surface area (Å²) in [4.78, 5) is 0. The van der Waals surface area contributed by atoms with Crippen LogP contribution in [0.5, 0.6) is 11.5 Å². The van der Waals surface area contributed by atoms with E-state index in [2.05, 4.69) is 40.7 Å². The zero-order valence-electron chi connectivity index (χ0n) is 14.0. The van der Waals surface area contributed by atoms with Crippen LogP contribution >= 0.6 is 11.6 Å². The van der Waals surface area contributed by atoms with E-state index in [9.17, 15) is 0 Å². The summed E-state index contributed by atoms with van der Waals surface area (Å²) in [6.07, 6.45) is 1.96. The minimum atomic E-state index is -0.00537. The molecule has 0 spiro atoms.